The van der Waals surface area contributed by atoms with E-state index in [9.17, 15) is 9.90 Å². The minimum absolute atomic E-state index is 0.0442. The highest BCUT2D eigenvalue weighted by Crippen LogP contribution is 2.27. The van der Waals surface area contributed by atoms with E-state index in [0.29, 0.717) is 10.7 Å². The molecular weight excluding hydrogens is 408 g/mol. The number of rotatable bonds is 8. The van der Waals surface area contributed by atoms with Gasteiger partial charge in [0.25, 0.3) is 5.91 Å². The number of nitrogens with one attached hydrogen (secondary N) is 2. The molecule has 1 atom stereocenters. The average molecular weight is 433 g/mol. The Kier molecular flexibility index (Phi) is 7.08. The number of aryl methyl sites for hydroxylation is 1. The van der Waals surface area contributed by atoms with Crippen LogP contribution in [0.25, 0.3) is 11.3 Å². The van der Waals surface area contributed by atoms with Gasteiger partial charge in [0.2, 0.25) is 0 Å². The van der Waals surface area contributed by atoms with Gasteiger partial charge in [0.05, 0.1) is 23.2 Å². The molecule has 3 rings (SSSR count). The Morgan fingerprint density at radius 1 is 1.34 bits per heavy atom. The molecule has 0 fully saturated rings. The van der Waals surface area contributed by atoms with Gasteiger partial charge in [0, 0.05) is 10.7 Å². The van der Waals surface area contributed by atoms with Gasteiger partial charge in [-0.25, -0.2) is 4.98 Å². The molecule has 154 valence electrons. The third kappa shape index (κ3) is 5.45. The lowest BCUT2D eigenvalue weighted by molar-refractivity contribution is 0.0928. The molecule has 1 aromatic carbocycles. The molecule has 2 aromatic heterocycles. The first-order chi connectivity index (χ1) is 13.9. The van der Waals surface area contributed by atoms with Crippen LogP contribution in [0.15, 0.2) is 36.4 Å². The van der Waals surface area contributed by atoms with Crippen molar-refractivity contribution in [1.29, 1.82) is 0 Å². The molecule has 0 aliphatic rings. The van der Waals surface area contributed by atoms with Crippen molar-refractivity contribution in [3.05, 3.63) is 62.7 Å². The number of nitrogens with zero attached hydrogens (tertiary/aromatic N) is 2. The van der Waals surface area contributed by atoms with E-state index in [1.54, 1.807) is 6.07 Å². The number of thiazole rings is 1. The maximum absolute atomic E-state index is 12.9. The maximum atomic E-state index is 12.9. The quantitative estimate of drug-likeness (QED) is 0.502. The number of hydrogen-bond donors (Lipinski definition) is 3. The second-order valence-corrected chi connectivity index (χ2v) is 8.68. The van der Waals surface area contributed by atoms with Crippen molar-refractivity contribution in [1.82, 2.24) is 20.2 Å². The number of amides is 1. The molecule has 0 radical (unpaired) electrons. The van der Waals surface area contributed by atoms with Gasteiger partial charge < -0.3 is 20.3 Å². The lowest BCUT2D eigenvalue weighted by Gasteiger charge is -2.18. The Bertz CT molecular complexity index is 983. The largest absolute Gasteiger partial charge is 0.391 e. The molecule has 0 aliphatic carbocycles. The fraction of sp³-hybridized carbons (Fsp3) is 0.333. The van der Waals surface area contributed by atoms with Crippen LogP contribution in [0.4, 0.5) is 0 Å². The van der Waals surface area contributed by atoms with Gasteiger partial charge >= 0.3 is 0 Å². The first-order valence-electron chi connectivity index (χ1n) is 9.35. The van der Waals surface area contributed by atoms with Crippen molar-refractivity contribution in [3.8, 4) is 11.3 Å². The first-order valence-corrected chi connectivity index (χ1v) is 10.5. The highest BCUT2D eigenvalue weighted by atomic mass is 35.5. The van der Waals surface area contributed by atoms with Crippen molar-refractivity contribution in [2.24, 2.45) is 0 Å². The number of aliphatic hydroxyl groups is 1. The lowest BCUT2D eigenvalue weighted by Crippen LogP contribution is -2.31. The summed E-state index contributed by atoms with van der Waals surface area (Å²) in [6.45, 7) is 2.63. The molecule has 1 unspecified atom stereocenters. The summed E-state index contributed by atoms with van der Waals surface area (Å²) < 4.78 is 0. The number of benzene rings is 1. The average Bonchev–Trinajstić information content (AvgIpc) is 3.31. The predicted molar refractivity (Wildman–Crippen MR) is 117 cm³/mol. The number of carbonyl (C=O) groups is 1. The molecule has 6 nitrogen and oxygen atoms in total. The second kappa shape index (κ2) is 9.54. The minimum Gasteiger partial charge on any atom is -0.391 e. The summed E-state index contributed by atoms with van der Waals surface area (Å²) in [4.78, 5) is 23.5. The van der Waals surface area contributed by atoms with E-state index < -0.39 is 0 Å². The monoisotopic (exact) mass is 432 g/mol. The van der Waals surface area contributed by atoms with Crippen molar-refractivity contribution >= 4 is 28.8 Å². The van der Waals surface area contributed by atoms with Crippen LogP contribution in [0.1, 0.15) is 38.5 Å². The molecule has 29 heavy (non-hydrogen) atoms. The summed E-state index contributed by atoms with van der Waals surface area (Å²) >= 11 is 7.51. The Labute approximate surface area is 179 Å². The van der Waals surface area contributed by atoms with Crippen LogP contribution in [0.5, 0.6) is 0 Å². The molecule has 2 heterocycles. The van der Waals surface area contributed by atoms with E-state index in [1.807, 2.05) is 51.4 Å². The van der Waals surface area contributed by atoms with E-state index in [2.05, 4.69) is 20.2 Å². The van der Waals surface area contributed by atoms with Gasteiger partial charge in [0.1, 0.15) is 10.7 Å². The Morgan fingerprint density at radius 2 is 2.14 bits per heavy atom. The molecule has 0 saturated heterocycles. The van der Waals surface area contributed by atoms with Crippen LogP contribution in [0, 0.1) is 6.92 Å². The molecule has 3 aromatic rings. The SMILES string of the molecule is Cc1nc(C(CCN(C)C)NC(=O)c2ccc(-c3cccc(Cl)c3)[nH]2)sc1CO. The van der Waals surface area contributed by atoms with Gasteiger partial charge in [-0.1, -0.05) is 23.7 Å². The molecular formula is C21H25ClN4O2S. The van der Waals surface area contributed by atoms with E-state index >= 15 is 0 Å². The summed E-state index contributed by atoms with van der Waals surface area (Å²) in [6.07, 6.45) is 0.721. The van der Waals surface area contributed by atoms with Gasteiger partial charge in [-0.05, 0) is 63.8 Å². The lowest BCUT2D eigenvalue weighted by atomic mass is 10.2. The smallest absolute Gasteiger partial charge is 0.268 e. The van der Waals surface area contributed by atoms with Gasteiger partial charge in [0.15, 0.2) is 0 Å². The molecule has 0 spiro atoms. The molecule has 3 N–H and O–H groups in total. The minimum atomic E-state index is -0.230. The zero-order chi connectivity index (χ0) is 21.0. The molecule has 0 aliphatic heterocycles. The van der Waals surface area contributed by atoms with Crippen LogP contribution < -0.4 is 5.32 Å². The van der Waals surface area contributed by atoms with Crippen molar-refractivity contribution in [2.75, 3.05) is 20.6 Å². The summed E-state index contributed by atoms with van der Waals surface area (Å²) in [5, 5.41) is 14.0. The predicted octanol–water partition coefficient (Wildman–Crippen LogP) is 4.02. The highest BCUT2D eigenvalue weighted by Gasteiger charge is 2.21. The number of halogens is 1. The third-order valence-electron chi connectivity index (χ3n) is 4.59. The maximum Gasteiger partial charge on any atom is 0.268 e. The molecule has 0 bridgehead atoms. The van der Waals surface area contributed by atoms with E-state index in [0.717, 1.165) is 39.8 Å². The number of aromatic nitrogens is 2. The summed E-state index contributed by atoms with van der Waals surface area (Å²) in [6, 6.07) is 10.9. The van der Waals surface area contributed by atoms with Gasteiger partial charge in [-0.3, -0.25) is 4.79 Å². The third-order valence-corrected chi connectivity index (χ3v) is 6.08. The number of H-pyrrole nitrogens is 1. The topological polar surface area (TPSA) is 81.2 Å². The summed E-state index contributed by atoms with van der Waals surface area (Å²) in [5.74, 6) is -0.194. The van der Waals surface area contributed by atoms with Crippen LogP contribution in [-0.2, 0) is 6.61 Å². The normalized spacial score (nSPS) is 12.3. The second-order valence-electron chi connectivity index (χ2n) is 7.13. The highest BCUT2D eigenvalue weighted by molar-refractivity contribution is 7.11. The Balaban J connectivity index is 1.79. The zero-order valence-electron chi connectivity index (χ0n) is 16.7. The number of carbonyl (C=O) groups excluding carboxylic acids is 1. The fourth-order valence-corrected chi connectivity index (χ4v) is 4.18. The Morgan fingerprint density at radius 3 is 2.79 bits per heavy atom. The van der Waals surface area contributed by atoms with E-state index in [-0.39, 0.29) is 18.6 Å². The van der Waals surface area contributed by atoms with E-state index in [4.69, 9.17) is 11.6 Å². The van der Waals surface area contributed by atoms with Gasteiger partial charge in [-0.15, -0.1) is 11.3 Å². The molecule has 1 amide bonds. The van der Waals surface area contributed by atoms with Crippen LogP contribution in [0.3, 0.4) is 0 Å². The summed E-state index contributed by atoms with van der Waals surface area (Å²) in [5.41, 5.74) is 3.03. The van der Waals surface area contributed by atoms with Crippen LogP contribution in [0.2, 0.25) is 5.02 Å². The number of aliphatic hydroxyl groups excluding tert-OH is 1. The van der Waals surface area contributed by atoms with Crippen LogP contribution >= 0.6 is 22.9 Å². The standard InChI is InChI=1S/C21H25ClN4O2S/c1-13-19(12-27)29-21(23-13)18(9-10-26(2)3)25-20(28)17-8-7-16(24-17)14-5-4-6-15(22)11-14/h4-8,11,18,24,27H,9-10,12H2,1-3H3,(H,25,28). The molecule has 0 saturated carbocycles. The number of aromatic amines is 1. The molecule has 8 heteroatoms. The first kappa shape index (κ1) is 21.5. The number of hydrogen-bond acceptors (Lipinski definition) is 5. The van der Waals surface area contributed by atoms with Crippen molar-refractivity contribution in [2.45, 2.75) is 26.0 Å². The van der Waals surface area contributed by atoms with Crippen LogP contribution in [-0.4, -0.2) is 46.5 Å². The fourth-order valence-electron chi connectivity index (χ4n) is 2.98. The zero-order valence-corrected chi connectivity index (χ0v) is 18.3. The van der Waals surface area contributed by atoms with E-state index in [1.165, 1.54) is 11.3 Å². The Hall–Kier alpha value is -2.19. The summed E-state index contributed by atoms with van der Waals surface area (Å²) in [7, 11) is 3.99. The van der Waals surface area contributed by atoms with Crippen molar-refractivity contribution < 1.29 is 9.90 Å². The van der Waals surface area contributed by atoms with Gasteiger partial charge in [-0.2, -0.15) is 0 Å². The van der Waals surface area contributed by atoms with Crippen molar-refractivity contribution in [3.63, 3.8) is 0 Å².